The van der Waals surface area contributed by atoms with Gasteiger partial charge in [0.25, 0.3) is 0 Å². The fraction of sp³-hybridized carbons (Fsp3) is 0.167. The molecule has 0 aliphatic carbocycles. The highest BCUT2D eigenvalue weighted by atomic mass is 19.1. The second kappa shape index (κ2) is 7.98. The van der Waals surface area contributed by atoms with Gasteiger partial charge in [-0.2, -0.15) is 0 Å². The number of halogens is 1. The highest BCUT2D eigenvalue weighted by Crippen LogP contribution is 2.09. The topological polar surface area (TPSA) is 32.3 Å². The second-order valence-electron chi connectivity index (χ2n) is 4.94. The van der Waals surface area contributed by atoms with E-state index in [-0.39, 0.29) is 11.7 Å². The highest BCUT2D eigenvalue weighted by Gasteiger charge is 2.00. The fourth-order valence-electron chi connectivity index (χ4n) is 2.00. The monoisotopic (exact) mass is 298 g/mol. The Morgan fingerprint density at radius 3 is 2.68 bits per heavy atom. The molecule has 0 spiro atoms. The lowest BCUT2D eigenvalue weighted by atomic mass is 10.2. The summed E-state index contributed by atoms with van der Waals surface area (Å²) in [4.78, 5) is 13.8. The lowest BCUT2D eigenvalue weighted by Crippen LogP contribution is -2.31. The van der Waals surface area contributed by atoms with Crippen molar-refractivity contribution in [1.29, 1.82) is 0 Å². The van der Waals surface area contributed by atoms with Crippen LogP contribution in [0.15, 0.2) is 60.7 Å². The summed E-state index contributed by atoms with van der Waals surface area (Å²) in [6.45, 7) is 1.25. The van der Waals surface area contributed by atoms with Crippen LogP contribution >= 0.6 is 0 Å². The number of hydrogen-bond acceptors (Lipinski definition) is 2. The summed E-state index contributed by atoms with van der Waals surface area (Å²) >= 11 is 0. The van der Waals surface area contributed by atoms with Crippen molar-refractivity contribution in [3.8, 4) is 0 Å². The van der Waals surface area contributed by atoms with Crippen LogP contribution in [0.5, 0.6) is 0 Å². The molecule has 22 heavy (non-hydrogen) atoms. The molecule has 2 aromatic rings. The van der Waals surface area contributed by atoms with E-state index in [1.54, 1.807) is 18.2 Å². The Labute approximate surface area is 130 Å². The van der Waals surface area contributed by atoms with E-state index in [0.29, 0.717) is 18.7 Å². The number of anilines is 1. The smallest absolute Gasteiger partial charge is 0.244 e. The first-order valence-corrected chi connectivity index (χ1v) is 7.13. The molecule has 0 atom stereocenters. The van der Waals surface area contributed by atoms with Gasteiger partial charge >= 0.3 is 0 Å². The normalized spacial score (nSPS) is 10.6. The molecule has 0 heterocycles. The molecule has 4 heteroatoms. The van der Waals surface area contributed by atoms with Gasteiger partial charge in [0.2, 0.25) is 5.91 Å². The molecular weight excluding hydrogens is 279 g/mol. The van der Waals surface area contributed by atoms with Gasteiger partial charge in [-0.25, -0.2) is 4.39 Å². The first-order valence-electron chi connectivity index (χ1n) is 7.13. The summed E-state index contributed by atoms with van der Waals surface area (Å²) in [7, 11) is 1.98. The third-order valence-corrected chi connectivity index (χ3v) is 3.22. The minimum atomic E-state index is -0.313. The quantitative estimate of drug-likeness (QED) is 0.831. The molecule has 0 bridgehead atoms. The van der Waals surface area contributed by atoms with Crippen molar-refractivity contribution in [2.75, 3.05) is 25.0 Å². The fourth-order valence-corrected chi connectivity index (χ4v) is 2.00. The van der Waals surface area contributed by atoms with Crippen LogP contribution in [-0.4, -0.2) is 26.0 Å². The van der Waals surface area contributed by atoms with E-state index < -0.39 is 0 Å². The molecule has 1 N–H and O–H groups in total. The molecule has 0 saturated carbocycles. The molecular formula is C18H19FN2O. The Kier molecular flexibility index (Phi) is 5.72. The average molecular weight is 298 g/mol. The van der Waals surface area contributed by atoms with Crippen LogP contribution in [-0.2, 0) is 4.79 Å². The zero-order valence-electron chi connectivity index (χ0n) is 12.5. The van der Waals surface area contributed by atoms with Crippen molar-refractivity contribution in [3.63, 3.8) is 0 Å². The van der Waals surface area contributed by atoms with Gasteiger partial charge in [0, 0.05) is 31.9 Å². The number of likely N-dealkylation sites (N-methyl/N-ethyl adjacent to an activating group) is 1. The number of carbonyl (C=O) groups excluding carboxylic acids is 1. The first kappa shape index (κ1) is 15.8. The van der Waals surface area contributed by atoms with Crippen LogP contribution < -0.4 is 10.2 Å². The van der Waals surface area contributed by atoms with Crippen LogP contribution in [0.25, 0.3) is 6.08 Å². The predicted octanol–water partition coefficient (Wildman–Crippen LogP) is 3.09. The summed E-state index contributed by atoms with van der Waals surface area (Å²) in [6.07, 6.45) is 3.01. The van der Waals surface area contributed by atoms with E-state index >= 15 is 0 Å². The van der Waals surface area contributed by atoms with E-state index in [0.717, 1.165) is 5.69 Å². The van der Waals surface area contributed by atoms with E-state index in [4.69, 9.17) is 0 Å². The molecule has 3 nitrogen and oxygen atoms in total. The van der Waals surface area contributed by atoms with Gasteiger partial charge < -0.3 is 10.2 Å². The number of hydrogen-bond donors (Lipinski definition) is 1. The molecule has 0 aliphatic rings. The lowest BCUT2D eigenvalue weighted by molar-refractivity contribution is -0.116. The number of rotatable bonds is 6. The Balaban J connectivity index is 1.76. The van der Waals surface area contributed by atoms with Crippen molar-refractivity contribution in [2.24, 2.45) is 0 Å². The zero-order chi connectivity index (χ0) is 15.8. The number of nitrogens with zero attached hydrogens (tertiary/aromatic N) is 1. The SMILES string of the molecule is CN(CCNC(=O)/C=C/c1cccc(F)c1)c1ccccc1. The van der Waals surface area contributed by atoms with Crippen molar-refractivity contribution >= 4 is 17.7 Å². The average Bonchev–Trinajstić information content (AvgIpc) is 2.54. The van der Waals surface area contributed by atoms with Crippen LogP contribution in [0, 0.1) is 5.82 Å². The van der Waals surface area contributed by atoms with E-state index in [1.807, 2.05) is 37.4 Å². The van der Waals surface area contributed by atoms with Gasteiger partial charge in [0.1, 0.15) is 5.82 Å². The Hall–Kier alpha value is -2.62. The maximum Gasteiger partial charge on any atom is 0.244 e. The number of nitrogens with one attached hydrogen (secondary N) is 1. The third kappa shape index (κ3) is 5.05. The van der Waals surface area contributed by atoms with E-state index in [2.05, 4.69) is 10.2 Å². The maximum absolute atomic E-state index is 13.0. The van der Waals surface area contributed by atoms with Gasteiger partial charge in [-0.3, -0.25) is 4.79 Å². The van der Waals surface area contributed by atoms with Crippen molar-refractivity contribution in [1.82, 2.24) is 5.32 Å². The molecule has 0 fully saturated rings. The maximum atomic E-state index is 13.0. The summed E-state index contributed by atoms with van der Waals surface area (Å²) in [5, 5.41) is 2.81. The molecule has 114 valence electrons. The molecule has 0 radical (unpaired) electrons. The Morgan fingerprint density at radius 2 is 1.95 bits per heavy atom. The lowest BCUT2D eigenvalue weighted by Gasteiger charge is -2.19. The number of benzene rings is 2. The van der Waals surface area contributed by atoms with Crippen molar-refractivity contribution < 1.29 is 9.18 Å². The van der Waals surface area contributed by atoms with Crippen molar-refractivity contribution in [2.45, 2.75) is 0 Å². The van der Waals surface area contributed by atoms with Gasteiger partial charge in [-0.1, -0.05) is 30.3 Å². The molecule has 0 saturated heterocycles. The first-order chi connectivity index (χ1) is 10.6. The molecule has 1 amide bonds. The standard InChI is InChI=1S/C18H19FN2O/c1-21(17-8-3-2-4-9-17)13-12-20-18(22)11-10-15-6-5-7-16(19)14-15/h2-11,14H,12-13H2,1H3,(H,20,22)/b11-10+. The van der Waals surface area contributed by atoms with Gasteiger partial charge in [0.05, 0.1) is 0 Å². The summed E-state index contributed by atoms with van der Waals surface area (Å²) in [5.74, 6) is -0.502. The summed E-state index contributed by atoms with van der Waals surface area (Å²) in [6, 6.07) is 16.1. The number of amides is 1. The Bertz CT molecular complexity index is 641. The predicted molar refractivity (Wildman–Crippen MR) is 88.2 cm³/mol. The van der Waals surface area contributed by atoms with Crippen LogP contribution in [0.1, 0.15) is 5.56 Å². The van der Waals surface area contributed by atoms with Crippen molar-refractivity contribution in [3.05, 3.63) is 72.1 Å². The van der Waals surface area contributed by atoms with Crippen LogP contribution in [0.3, 0.4) is 0 Å². The third-order valence-electron chi connectivity index (χ3n) is 3.22. The minimum absolute atomic E-state index is 0.189. The van der Waals surface area contributed by atoms with Gasteiger partial charge in [-0.05, 0) is 35.9 Å². The summed E-state index contributed by atoms with van der Waals surface area (Å²) in [5.41, 5.74) is 1.77. The molecule has 0 aromatic heterocycles. The largest absolute Gasteiger partial charge is 0.373 e. The second-order valence-corrected chi connectivity index (χ2v) is 4.94. The highest BCUT2D eigenvalue weighted by molar-refractivity contribution is 5.91. The van der Waals surface area contributed by atoms with Gasteiger partial charge in [-0.15, -0.1) is 0 Å². The number of carbonyl (C=O) groups is 1. The van der Waals surface area contributed by atoms with Crippen LogP contribution in [0.4, 0.5) is 10.1 Å². The summed E-state index contributed by atoms with van der Waals surface area (Å²) < 4.78 is 13.0. The Morgan fingerprint density at radius 1 is 1.18 bits per heavy atom. The molecule has 2 rings (SSSR count). The zero-order valence-corrected chi connectivity index (χ0v) is 12.5. The molecule has 2 aromatic carbocycles. The van der Waals surface area contributed by atoms with Crippen LogP contribution in [0.2, 0.25) is 0 Å². The van der Waals surface area contributed by atoms with E-state index in [1.165, 1.54) is 18.2 Å². The van der Waals surface area contributed by atoms with E-state index in [9.17, 15) is 9.18 Å². The number of para-hydroxylation sites is 1. The molecule has 0 unspecified atom stereocenters. The minimum Gasteiger partial charge on any atom is -0.373 e. The van der Waals surface area contributed by atoms with Gasteiger partial charge in [0.15, 0.2) is 0 Å². The molecule has 0 aliphatic heterocycles.